The molecule has 0 amide bonds. The predicted molar refractivity (Wildman–Crippen MR) is 69.0 cm³/mol. The van der Waals surface area contributed by atoms with Crippen molar-refractivity contribution in [3.63, 3.8) is 0 Å². The van der Waals surface area contributed by atoms with E-state index in [0.717, 1.165) is 28.6 Å². The lowest BCUT2D eigenvalue weighted by molar-refractivity contribution is 0.0988. The molecular weight excluding hydrogens is 296 g/mol. The van der Waals surface area contributed by atoms with E-state index in [-0.39, 0.29) is 11.0 Å². The van der Waals surface area contributed by atoms with Crippen molar-refractivity contribution in [2.45, 2.75) is 18.1 Å². The number of thioether (sulfide) groups is 1. The number of carbonyl (C=O) groups excluding carboxylic acids is 1. The van der Waals surface area contributed by atoms with Gasteiger partial charge in [-0.3, -0.25) is 4.79 Å². The van der Waals surface area contributed by atoms with Gasteiger partial charge in [0.15, 0.2) is 5.78 Å². The highest BCUT2D eigenvalue weighted by Crippen LogP contribution is 2.31. The second-order valence-electron chi connectivity index (χ2n) is 3.49. The molecule has 1 fully saturated rings. The van der Waals surface area contributed by atoms with E-state index in [2.05, 4.69) is 15.9 Å². The number of hydrogen-bond donors (Lipinski definition) is 0. The van der Waals surface area contributed by atoms with E-state index in [1.54, 1.807) is 30.0 Å². The summed E-state index contributed by atoms with van der Waals surface area (Å²) in [6.45, 7) is 0. The average molecular weight is 306 g/mol. The van der Waals surface area contributed by atoms with Crippen LogP contribution in [0.15, 0.2) is 22.7 Å². The molecule has 1 heterocycles. The van der Waals surface area contributed by atoms with E-state index in [1.807, 2.05) is 0 Å². The van der Waals surface area contributed by atoms with Gasteiger partial charge in [0.05, 0.1) is 5.25 Å². The van der Waals surface area contributed by atoms with E-state index < -0.39 is 0 Å². The fraction of sp³-hybridized carbons (Fsp3) is 0.364. The maximum absolute atomic E-state index is 12.1. The molecule has 80 valence electrons. The number of rotatable bonds is 2. The van der Waals surface area contributed by atoms with Crippen LogP contribution in [0.3, 0.4) is 0 Å². The van der Waals surface area contributed by atoms with Crippen LogP contribution in [-0.2, 0) is 0 Å². The second kappa shape index (κ2) is 4.89. The lowest BCUT2D eigenvalue weighted by atomic mass is 10.1. The molecule has 1 atom stereocenters. The lowest BCUT2D eigenvalue weighted by Gasteiger charge is -2.09. The Morgan fingerprint density at radius 1 is 1.53 bits per heavy atom. The first-order valence-electron chi connectivity index (χ1n) is 4.79. The molecule has 2 rings (SSSR count). The van der Waals surface area contributed by atoms with Crippen LogP contribution in [0, 0.1) is 0 Å². The third-order valence-electron chi connectivity index (χ3n) is 2.42. The molecule has 1 unspecified atom stereocenters. The van der Waals surface area contributed by atoms with Crippen molar-refractivity contribution in [3.8, 4) is 0 Å². The highest BCUT2D eigenvalue weighted by Gasteiger charge is 2.25. The number of Topliss-reactive ketones (excluding diaryl/α,β-unsaturated/α-hetero) is 1. The van der Waals surface area contributed by atoms with Crippen LogP contribution >= 0.6 is 39.3 Å². The van der Waals surface area contributed by atoms with Crippen molar-refractivity contribution < 1.29 is 4.79 Å². The van der Waals surface area contributed by atoms with Crippen molar-refractivity contribution >= 4 is 45.1 Å². The Morgan fingerprint density at radius 2 is 2.33 bits per heavy atom. The molecule has 0 radical (unpaired) electrons. The molecule has 1 aromatic rings. The van der Waals surface area contributed by atoms with Crippen LogP contribution in [0.5, 0.6) is 0 Å². The number of hydrogen-bond acceptors (Lipinski definition) is 2. The van der Waals surface area contributed by atoms with Crippen molar-refractivity contribution in [1.82, 2.24) is 0 Å². The molecule has 15 heavy (non-hydrogen) atoms. The molecule has 0 aliphatic carbocycles. The predicted octanol–water partition coefficient (Wildman–Crippen LogP) is 4.18. The van der Waals surface area contributed by atoms with Crippen LogP contribution in [0.2, 0.25) is 5.02 Å². The highest BCUT2D eigenvalue weighted by molar-refractivity contribution is 9.10. The Labute approximate surface area is 107 Å². The summed E-state index contributed by atoms with van der Waals surface area (Å²) in [4.78, 5) is 12.1. The summed E-state index contributed by atoms with van der Waals surface area (Å²) in [5, 5.41) is 0.792. The zero-order valence-corrected chi connectivity index (χ0v) is 11.2. The smallest absolute Gasteiger partial charge is 0.176 e. The monoisotopic (exact) mass is 304 g/mol. The Hall–Kier alpha value is 0.01000. The van der Waals surface area contributed by atoms with Gasteiger partial charge in [-0.15, -0.1) is 0 Å². The molecule has 1 aliphatic heterocycles. The third-order valence-corrected chi connectivity index (χ3v) is 4.69. The molecule has 1 aromatic carbocycles. The summed E-state index contributed by atoms with van der Waals surface area (Å²) in [5.41, 5.74) is 0.749. The molecular formula is C11H10BrClOS. The van der Waals surface area contributed by atoms with Gasteiger partial charge in [-0.05, 0) is 52.7 Å². The van der Waals surface area contributed by atoms with E-state index in [9.17, 15) is 4.79 Å². The Morgan fingerprint density at radius 3 is 2.93 bits per heavy atom. The first kappa shape index (κ1) is 11.5. The van der Waals surface area contributed by atoms with Gasteiger partial charge in [0.1, 0.15) is 0 Å². The maximum atomic E-state index is 12.1. The second-order valence-corrected chi connectivity index (χ2v) is 6.09. The van der Waals surface area contributed by atoms with E-state index in [1.165, 1.54) is 0 Å². The van der Waals surface area contributed by atoms with Crippen LogP contribution in [0.4, 0.5) is 0 Å². The fourth-order valence-corrected chi connectivity index (χ4v) is 3.75. The minimum atomic E-state index is 0.141. The first-order chi connectivity index (χ1) is 7.18. The highest BCUT2D eigenvalue weighted by atomic mass is 79.9. The lowest BCUT2D eigenvalue weighted by Crippen LogP contribution is -2.14. The number of ketones is 1. The molecule has 0 N–H and O–H groups in total. The zero-order valence-electron chi connectivity index (χ0n) is 8.00. The van der Waals surface area contributed by atoms with E-state index >= 15 is 0 Å². The molecule has 0 spiro atoms. The van der Waals surface area contributed by atoms with Crippen molar-refractivity contribution in [1.29, 1.82) is 0 Å². The van der Waals surface area contributed by atoms with Crippen LogP contribution in [-0.4, -0.2) is 16.8 Å². The SMILES string of the molecule is O=C(c1ccc(Cl)cc1Br)C1CCCS1. The Kier molecular flexibility index (Phi) is 3.75. The van der Waals surface area contributed by atoms with Gasteiger partial charge in [-0.1, -0.05) is 11.6 Å². The normalized spacial score (nSPS) is 20.5. The van der Waals surface area contributed by atoms with Crippen molar-refractivity contribution in [2.75, 3.05) is 5.75 Å². The zero-order chi connectivity index (χ0) is 10.8. The average Bonchev–Trinajstić information content (AvgIpc) is 2.69. The summed E-state index contributed by atoms with van der Waals surface area (Å²) in [6, 6.07) is 5.33. The van der Waals surface area contributed by atoms with Gasteiger partial charge in [0.25, 0.3) is 0 Å². The molecule has 0 bridgehead atoms. The summed E-state index contributed by atoms with van der Waals surface area (Å²) < 4.78 is 0.799. The molecule has 0 saturated carbocycles. The van der Waals surface area contributed by atoms with E-state index in [0.29, 0.717) is 5.02 Å². The van der Waals surface area contributed by atoms with Crippen molar-refractivity contribution in [3.05, 3.63) is 33.3 Å². The first-order valence-corrected chi connectivity index (χ1v) is 7.01. The largest absolute Gasteiger partial charge is 0.293 e. The van der Waals surface area contributed by atoms with Gasteiger partial charge in [-0.2, -0.15) is 11.8 Å². The molecule has 1 saturated heterocycles. The quantitative estimate of drug-likeness (QED) is 0.762. The van der Waals surface area contributed by atoms with Crippen LogP contribution < -0.4 is 0 Å². The van der Waals surface area contributed by atoms with Crippen LogP contribution in [0.25, 0.3) is 0 Å². The topological polar surface area (TPSA) is 17.1 Å². The molecule has 1 nitrogen and oxygen atoms in total. The number of benzene rings is 1. The standard InChI is InChI=1S/C11H10BrClOS/c12-9-6-7(13)3-4-8(9)11(14)10-2-1-5-15-10/h3-4,6,10H,1-2,5H2. The van der Waals surface area contributed by atoms with Gasteiger partial charge in [0, 0.05) is 15.1 Å². The van der Waals surface area contributed by atoms with Gasteiger partial charge < -0.3 is 0 Å². The third kappa shape index (κ3) is 2.58. The molecule has 0 aromatic heterocycles. The summed E-state index contributed by atoms with van der Waals surface area (Å²) in [5.74, 6) is 1.32. The maximum Gasteiger partial charge on any atom is 0.176 e. The fourth-order valence-electron chi connectivity index (χ4n) is 1.65. The van der Waals surface area contributed by atoms with E-state index in [4.69, 9.17) is 11.6 Å². The van der Waals surface area contributed by atoms with Crippen LogP contribution in [0.1, 0.15) is 23.2 Å². The number of halogens is 2. The molecule has 4 heteroatoms. The minimum absolute atomic E-state index is 0.141. The van der Waals surface area contributed by atoms with Gasteiger partial charge >= 0.3 is 0 Å². The minimum Gasteiger partial charge on any atom is -0.293 e. The summed E-state index contributed by atoms with van der Waals surface area (Å²) in [6.07, 6.45) is 2.14. The Balaban J connectivity index is 2.24. The van der Waals surface area contributed by atoms with Gasteiger partial charge in [-0.25, -0.2) is 0 Å². The molecule has 1 aliphatic rings. The summed E-state index contributed by atoms with van der Waals surface area (Å²) in [7, 11) is 0. The van der Waals surface area contributed by atoms with Crippen molar-refractivity contribution in [2.24, 2.45) is 0 Å². The number of carbonyl (C=O) groups is 1. The van der Waals surface area contributed by atoms with Gasteiger partial charge in [0.2, 0.25) is 0 Å². The summed E-state index contributed by atoms with van der Waals surface area (Å²) >= 11 is 11.0. The Bertz CT molecular complexity index is 388.